The van der Waals surface area contributed by atoms with Crippen molar-refractivity contribution in [3.63, 3.8) is 0 Å². The highest BCUT2D eigenvalue weighted by molar-refractivity contribution is 5.72. The van der Waals surface area contributed by atoms with Gasteiger partial charge in [0.1, 0.15) is 0 Å². The number of aliphatic imine (C=N–C) groups is 1. The van der Waals surface area contributed by atoms with E-state index in [0.717, 1.165) is 12.4 Å². The van der Waals surface area contributed by atoms with Gasteiger partial charge in [0.05, 0.1) is 7.11 Å². The third-order valence-corrected chi connectivity index (χ3v) is 1.07. The van der Waals surface area contributed by atoms with Crippen LogP contribution in [-0.4, -0.2) is 19.6 Å². The van der Waals surface area contributed by atoms with Crippen molar-refractivity contribution >= 4 is 5.90 Å². The second-order valence-electron chi connectivity index (χ2n) is 3.60. The molecule has 0 heterocycles. The third kappa shape index (κ3) is 5.60. The first kappa shape index (κ1) is 9.47. The van der Waals surface area contributed by atoms with Crippen molar-refractivity contribution in [2.24, 2.45) is 10.4 Å². The molecule has 0 aliphatic rings. The Labute approximate surface area is 63.3 Å². The molecular formula is C8H17NO. The van der Waals surface area contributed by atoms with Crippen LogP contribution in [0.2, 0.25) is 0 Å². The fourth-order valence-electron chi connectivity index (χ4n) is 0.413. The van der Waals surface area contributed by atoms with Gasteiger partial charge >= 0.3 is 0 Å². The van der Waals surface area contributed by atoms with Crippen LogP contribution in [0.5, 0.6) is 0 Å². The molecule has 0 aliphatic carbocycles. The Morgan fingerprint density at radius 1 is 1.40 bits per heavy atom. The third-order valence-electron chi connectivity index (χ3n) is 1.07. The molecule has 0 amide bonds. The van der Waals surface area contributed by atoms with Crippen LogP contribution < -0.4 is 0 Å². The van der Waals surface area contributed by atoms with Crippen LogP contribution in [0.3, 0.4) is 0 Å². The lowest BCUT2D eigenvalue weighted by molar-refractivity contribution is 0.381. The van der Waals surface area contributed by atoms with E-state index in [1.54, 1.807) is 7.11 Å². The van der Waals surface area contributed by atoms with Gasteiger partial charge in [-0.05, 0) is 5.41 Å². The summed E-state index contributed by atoms with van der Waals surface area (Å²) < 4.78 is 4.90. The molecule has 0 aromatic carbocycles. The van der Waals surface area contributed by atoms with Crippen LogP contribution in [-0.2, 0) is 4.74 Å². The molecule has 0 aromatic rings. The summed E-state index contributed by atoms with van der Waals surface area (Å²) in [6.07, 6.45) is 0. The van der Waals surface area contributed by atoms with Crippen molar-refractivity contribution < 1.29 is 4.74 Å². The molecule has 0 radical (unpaired) electrons. The molecule has 0 bridgehead atoms. The van der Waals surface area contributed by atoms with E-state index < -0.39 is 0 Å². The summed E-state index contributed by atoms with van der Waals surface area (Å²) in [5.74, 6) is 0.759. The number of hydrogen-bond donors (Lipinski definition) is 0. The zero-order valence-electron chi connectivity index (χ0n) is 7.56. The van der Waals surface area contributed by atoms with Crippen molar-refractivity contribution in [1.29, 1.82) is 0 Å². The van der Waals surface area contributed by atoms with Crippen LogP contribution in [0.25, 0.3) is 0 Å². The van der Waals surface area contributed by atoms with Gasteiger partial charge in [-0.15, -0.1) is 0 Å². The first-order chi connectivity index (χ1) is 4.45. The highest BCUT2D eigenvalue weighted by atomic mass is 16.5. The fourth-order valence-corrected chi connectivity index (χ4v) is 0.413. The van der Waals surface area contributed by atoms with E-state index in [1.807, 2.05) is 6.92 Å². The SMILES string of the molecule is COC(C)=NCC(C)(C)C. The molecule has 0 saturated carbocycles. The van der Waals surface area contributed by atoms with Gasteiger partial charge in [0.15, 0.2) is 5.90 Å². The van der Waals surface area contributed by atoms with Crippen LogP contribution in [0.4, 0.5) is 0 Å². The maximum absolute atomic E-state index is 4.90. The minimum atomic E-state index is 0.264. The molecule has 10 heavy (non-hydrogen) atoms. The van der Waals surface area contributed by atoms with E-state index >= 15 is 0 Å². The first-order valence-electron chi connectivity index (χ1n) is 3.51. The van der Waals surface area contributed by atoms with E-state index in [-0.39, 0.29) is 5.41 Å². The maximum Gasteiger partial charge on any atom is 0.179 e. The molecule has 60 valence electrons. The molecule has 0 saturated heterocycles. The van der Waals surface area contributed by atoms with Gasteiger partial charge in [-0.25, -0.2) is 0 Å². The van der Waals surface area contributed by atoms with Crippen molar-refractivity contribution in [1.82, 2.24) is 0 Å². The smallest absolute Gasteiger partial charge is 0.179 e. The van der Waals surface area contributed by atoms with E-state index in [0.29, 0.717) is 0 Å². The summed E-state index contributed by atoms with van der Waals surface area (Å²) in [4.78, 5) is 4.21. The predicted octanol–water partition coefficient (Wildman–Crippen LogP) is 2.10. The van der Waals surface area contributed by atoms with Gasteiger partial charge in [0.25, 0.3) is 0 Å². The first-order valence-corrected chi connectivity index (χ1v) is 3.51. The molecule has 0 unspecified atom stereocenters. The highest BCUT2D eigenvalue weighted by Gasteiger charge is 2.08. The second kappa shape index (κ2) is 3.59. The zero-order chi connectivity index (χ0) is 8.20. The Kier molecular flexibility index (Phi) is 3.40. The van der Waals surface area contributed by atoms with Gasteiger partial charge in [-0.3, -0.25) is 4.99 Å². The molecule has 0 aliphatic heterocycles. The molecular weight excluding hydrogens is 126 g/mol. The quantitative estimate of drug-likeness (QED) is 0.407. The summed E-state index contributed by atoms with van der Waals surface area (Å²) in [6.45, 7) is 9.15. The summed E-state index contributed by atoms with van der Waals surface area (Å²) >= 11 is 0. The molecule has 2 heteroatoms. The van der Waals surface area contributed by atoms with Crippen molar-refractivity contribution in [2.45, 2.75) is 27.7 Å². The predicted molar refractivity (Wildman–Crippen MR) is 44.4 cm³/mol. The average Bonchev–Trinajstić information content (AvgIpc) is 1.81. The summed E-state index contributed by atoms with van der Waals surface area (Å²) in [5.41, 5.74) is 0.264. The topological polar surface area (TPSA) is 21.6 Å². The van der Waals surface area contributed by atoms with Gasteiger partial charge < -0.3 is 4.74 Å². The van der Waals surface area contributed by atoms with Crippen LogP contribution in [0.1, 0.15) is 27.7 Å². The number of nitrogens with zero attached hydrogens (tertiary/aromatic N) is 1. The Bertz CT molecular complexity index is 122. The largest absolute Gasteiger partial charge is 0.484 e. The van der Waals surface area contributed by atoms with E-state index in [2.05, 4.69) is 25.8 Å². The second-order valence-corrected chi connectivity index (χ2v) is 3.60. The highest BCUT2D eigenvalue weighted by Crippen LogP contribution is 2.12. The number of hydrogen-bond acceptors (Lipinski definition) is 2. The van der Waals surface area contributed by atoms with Gasteiger partial charge in [-0.1, -0.05) is 20.8 Å². The molecule has 0 aromatic heterocycles. The van der Waals surface area contributed by atoms with E-state index in [9.17, 15) is 0 Å². The lowest BCUT2D eigenvalue weighted by Gasteiger charge is -2.14. The zero-order valence-corrected chi connectivity index (χ0v) is 7.56. The fraction of sp³-hybridized carbons (Fsp3) is 0.875. The molecule has 0 atom stereocenters. The molecule has 0 N–H and O–H groups in total. The van der Waals surface area contributed by atoms with Crippen LogP contribution in [0.15, 0.2) is 4.99 Å². The van der Waals surface area contributed by atoms with Gasteiger partial charge in [-0.2, -0.15) is 0 Å². The summed E-state index contributed by atoms with van der Waals surface area (Å²) in [6, 6.07) is 0. The van der Waals surface area contributed by atoms with Gasteiger partial charge in [0, 0.05) is 13.5 Å². The Hall–Kier alpha value is -0.530. The van der Waals surface area contributed by atoms with Crippen LogP contribution >= 0.6 is 0 Å². The van der Waals surface area contributed by atoms with Crippen LogP contribution in [0, 0.1) is 5.41 Å². The molecule has 2 nitrogen and oxygen atoms in total. The summed E-state index contributed by atoms with van der Waals surface area (Å²) in [5, 5.41) is 0. The van der Waals surface area contributed by atoms with E-state index in [1.165, 1.54) is 0 Å². The Morgan fingerprint density at radius 2 is 1.90 bits per heavy atom. The maximum atomic E-state index is 4.90. The lowest BCUT2D eigenvalue weighted by Crippen LogP contribution is -2.11. The van der Waals surface area contributed by atoms with Gasteiger partial charge in [0.2, 0.25) is 0 Å². The van der Waals surface area contributed by atoms with Crippen molar-refractivity contribution in [2.75, 3.05) is 13.7 Å². The Morgan fingerprint density at radius 3 is 2.20 bits per heavy atom. The minimum Gasteiger partial charge on any atom is -0.484 e. The molecule has 0 spiro atoms. The molecule has 0 fully saturated rings. The Balaban J connectivity index is 3.73. The number of methoxy groups -OCH3 is 1. The van der Waals surface area contributed by atoms with Crippen molar-refractivity contribution in [3.05, 3.63) is 0 Å². The lowest BCUT2D eigenvalue weighted by atomic mass is 9.97. The number of ether oxygens (including phenoxy) is 1. The van der Waals surface area contributed by atoms with Crippen molar-refractivity contribution in [3.8, 4) is 0 Å². The number of rotatable bonds is 1. The summed E-state index contributed by atoms with van der Waals surface area (Å²) in [7, 11) is 1.64. The average molecular weight is 143 g/mol. The van der Waals surface area contributed by atoms with E-state index in [4.69, 9.17) is 4.74 Å². The minimum absolute atomic E-state index is 0.264. The standard InChI is InChI=1S/C8H17NO/c1-7(10-5)9-6-8(2,3)4/h6H2,1-5H3. The molecule has 0 rings (SSSR count). The monoisotopic (exact) mass is 143 g/mol. The normalized spacial score (nSPS) is 13.5.